The number of carbonyl (C=O) groups excluding carboxylic acids is 2. The smallest absolute Gasteiger partial charge is 0.287 e. The monoisotopic (exact) mass is 524 g/mol. The first-order chi connectivity index (χ1) is 18.4. The Morgan fingerprint density at radius 2 is 1.66 bits per heavy atom. The molecule has 7 heteroatoms. The van der Waals surface area contributed by atoms with Crippen molar-refractivity contribution in [2.24, 2.45) is 7.05 Å². The fourth-order valence-corrected chi connectivity index (χ4v) is 5.00. The number of rotatable bonds is 8. The molecule has 5 aromatic rings. The van der Waals surface area contributed by atoms with Crippen LogP contribution in [0.5, 0.6) is 0 Å². The second kappa shape index (κ2) is 11.1. The molecule has 6 nitrogen and oxygen atoms in total. The number of benzene rings is 4. The zero-order valence-corrected chi connectivity index (χ0v) is 22.2. The third kappa shape index (κ3) is 5.27. The molecule has 0 saturated carbocycles. The van der Waals surface area contributed by atoms with Crippen LogP contribution in [0.25, 0.3) is 21.8 Å². The minimum atomic E-state index is -0.239. The van der Waals surface area contributed by atoms with E-state index in [0.717, 1.165) is 27.4 Å². The molecule has 1 heterocycles. The fourth-order valence-electron chi connectivity index (χ4n) is 4.87. The van der Waals surface area contributed by atoms with Gasteiger partial charge in [-0.3, -0.25) is 9.59 Å². The molecule has 0 aliphatic rings. The van der Waals surface area contributed by atoms with Gasteiger partial charge in [0.05, 0.1) is 11.0 Å². The second-order valence-corrected chi connectivity index (χ2v) is 9.89. The van der Waals surface area contributed by atoms with Gasteiger partial charge in [-0.2, -0.15) is 0 Å². The van der Waals surface area contributed by atoms with E-state index in [2.05, 4.69) is 10.3 Å². The predicted molar refractivity (Wildman–Crippen MR) is 153 cm³/mol. The van der Waals surface area contributed by atoms with Gasteiger partial charge in [0.25, 0.3) is 11.8 Å². The van der Waals surface area contributed by atoms with Crippen LogP contribution in [0.15, 0.2) is 91.0 Å². The molecule has 0 radical (unpaired) electrons. The Bertz CT molecular complexity index is 1600. The van der Waals surface area contributed by atoms with E-state index in [1.165, 1.54) is 0 Å². The number of carbonyl (C=O) groups is 2. The highest BCUT2D eigenvalue weighted by molar-refractivity contribution is 6.30. The third-order valence-corrected chi connectivity index (χ3v) is 7.28. The zero-order chi connectivity index (χ0) is 26.6. The van der Waals surface area contributed by atoms with Gasteiger partial charge in [0.2, 0.25) is 0 Å². The first kappa shape index (κ1) is 25.5. The molecule has 0 unspecified atom stereocenters. The summed E-state index contributed by atoms with van der Waals surface area (Å²) in [6, 6.07) is 28.9. The number of imidazole rings is 1. The average Bonchev–Trinajstić information content (AvgIpc) is 3.29. The van der Waals surface area contributed by atoms with Crippen LogP contribution in [-0.4, -0.2) is 45.9 Å². The van der Waals surface area contributed by atoms with Crippen LogP contribution in [0, 0.1) is 0 Å². The van der Waals surface area contributed by atoms with Crippen LogP contribution in [0.2, 0.25) is 5.02 Å². The first-order valence-electron chi connectivity index (χ1n) is 12.6. The number of fused-ring (bicyclic) bond motifs is 2. The van der Waals surface area contributed by atoms with Gasteiger partial charge < -0.3 is 14.8 Å². The maximum Gasteiger partial charge on any atom is 0.287 e. The van der Waals surface area contributed by atoms with Gasteiger partial charge in [-0.15, -0.1) is 0 Å². The van der Waals surface area contributed by atoms with E-state index in [-0.39, 0.29) is 17.9 Å². The van der Waals surface area contributed by atoms with Crippen molar-refractivity contribution >= 4 is 45.2 Å². The SMILES string of the molecule is CN(C(=O)c1cccc2ccccc12)[C@H](CCNC(=O)c1nc2ccccc2n1C)Cc1ccc(Cl)cc1. The summed E-state index contributed by atoms with van der Waals surface area (Å²) in [5.74, 6) is 0.0695. The van der Waals surface area contributed by atoms with Crippen LogP contribution in [0.1, 0.15) is 33.0 Å². The van der Waals surface area contributed by atoms with Gasteiger partial charge in [-0.25, -0.2) is 4.98 Å². The van der Waals surface area contributed by atoms with E-state index in [4.69, 9.17) is 11.6 Å². The van der Waals surface area contributed by atoms with Crippen LogP contribution in [0.3, 0.4) is 0 Å². The molecule has 0 fully saturated rings. The summed E-state index contributed by atoms with van der Waals surface area (Å²) in [4.78, 5) is 33.0. The number of amides is 2. The molecule has 1 N–H and O–H groups in total. The molecule has 1 atom stereocenters. The standard InChI is InChI=1S/C31H29ClN4O2/c1-35(31(38)26-11-7-9-22-8-3-4-10-25(22)26)24(20-21-14-16-23(32)17-15-21)18-19-33-30(37)29-34-27-12-5-6-13-28(27)36(29)2/h3-17,24H,18-20H2,1-2H3,(H,33,37)/t24-/m1/s1. The van der Waals surface area contributed by atoms with Crippen molar-refractivity contribution in [3.63, 3.8) is 0 Å². The normalized spacial score (nSPS) is 12.0. The van der Waals surface area contributed by atoms with E-state index in [9.17, 15) is 9.59 Å². The van der Waals surface area contributed by atoms with E-state index in [1.807, 2.05) is 105 Å². The second-order valence-electron chi connectivity index (χ2n) is 9.45. The van der Waals surface area contributed by atoms with Crippen molar-refractivity contribution < 1.29 is 9.59 Å². The number of hydrogen-bond acceptors (Lipinski definition) is 3. The minimum absolute atomic E-state index is 0.0533. The molecule has 4 aromatic carbocycles. The number of halogens is 1. The summed E-state index contributed by atoms with van der Waals surface area (Å²) in [6.45, 7) is 0.396. The number of hydrogen-bond donors (Lipinski definition) is 1. The first-order valence-corrected chi connectivity index (χ1v) is 13.0. The Hall–Kier alpha value is -4.16. The Balaban J connectivity index is 1.35. The van der Waals surface area contributed by atoms with Crippen LogP contribution < -0.4 is 5.32 Å². The molecule has 0 saturated heterocycles. The maximum absolute atomic E-state index is 13.7. The number of aryl methyl sites for hydroxylation is 1. The van der Waals surface area contributed by atoms with Crippen molar-refractivity contribution in [3.8, 4) is 0 Å². The van der Waals surface area contributed by atoms with Crippen LogP contribution in [0.4, 0.5) is 0 Å². The van der Waals surface area contributed by atoms with Gasteiger partial charge in [0.1, 0.15) is 0 Å². The van der Waals surface area contributed by atoms with E-state index in [0.29, 0.717) is 35.8 Å². The van der Waals surface area contributed by atoms with Crippen molar-refractivity contribution in [3.05, 3.63) is 113 Å². The molecule has 1 aromatic heterocycles. The van der Waals surface area contributed by atoms with Gasteiger partial charge >= 0.3 is 0 Å². The van der Waals surface area contributed by atoms with Gasteiger partial charge in [-0.1, -0.05) is 72.3 Å². The Labute approximate surface area is 226 Å². The van der Waals surface area contributed by atoms with Crippen molar-refractivity contribution in [2.45, 2.75) is 18.9 Å². The highest BCUT2D eigenvalue weighted by Crippen LogP contribution is 2.22. The topological polar surface area (TPSA) is 67.2 Å². The summed E-state index contributed by atoms with van der Waals surface area (Å²) < 4.78 is 1.80. The maximum atomic E-state index is 13.7. The van der Waals surface area contributed by atoms with Gasteiger partial charge in [-0.05, 0) is 59.5 Å². The van der Waals surface area contributed by atoms with Crippen molar-refractivity contribution in [2.75, 3.05) is 13.6 Å². The summed E-state index contributed by atoms with van der Waals surface area (Å²) in [7, 11) is 3.67. The summed E-state index contributed by atoms with van der Waals surface area (Å²) in [6.07, 6.45) is 1.21. The number of likely N-dealkylation sites (N-methyl/N-ethyl adjacent to an activating group) is 1. The lowest BCUT2D eigenvalue weighted by Gasteiger charge is -2.29. The number of para-hydroxylation sites is 2. The lowest BCUT2D eigenvalue weighted by molar-refractivity contribution is 0.0724. The number of nitrogens with one attached hydrogen (secondary N) is 1. The molecule has 0 aliphatic heterocycles. The largest absolute Gasteiger partial charge is 0.349 e. The highest BCUT2D eigenvalue weighted by atomic mass is 35.5. The summed E-state index contributed by atoms with van der Waals surface area (Å²) in [5, 5.41) is 5.62. The van der Waals surface area contributed by atoms with Crippen molar-refractivity contribution in [1.29, 1.82) is 0 Å². The molecular weight excluding hydrogens is 496 g/mol. The Morgan fingerprint density at radius 1 is 0.947 bits per heavy atom. The summed E-state index contributed by atoms with van der Waals surface area (Å²) >= 11 is 6.10. The molecule has 192 valence electrons. The van der Waals surface area contributed by atoms with Crippen LogP contribution in [-0.2, 0) is 13.5 Å². The lowest BCUT2D eigenvalue weighted by atomic mass is 9.99. The Kier molecular flexibility index (Phi) is 7.43. The summed E-state index contributed by atoms with van der Waals surface area (Å²) in [5.41, 5.74) is 3.41. The minimum Gasteiger partial charge on any atom is -0.349 e. The molecular formula is C31H29ClN4O2. The Morgan fingerprint density at radius 3 is 2.45 bits per heavy atom. The molecule has 38 heavy (non-hydrogen) atoms. The molecule has 0 aliphatic carbocycles. The van der Waals surface area contributed by atoms with Gasteiger partial charge in [0.15, 0.2) is 5.82 Å². The van der Waals surface area contributed by atoms with E-state index >= 15 is 0 Å². The predicted octanol–water partition coefficient (Wildman–Crippen LogP) is 5.88. The van der Waals surface area contributed by atoms with E-state index < -0.39 is 0 Å². The lowest BCUT2D eigenvalue weighted by Crippen LogP contribution is -2.41. The van der Waals surface area contributed by atoms with Gasteiger partial charge in [0, 0.05) is 37.3 Å². The molecule has 2 amide bonds. The highest BCUT2D eigenvalue weighted by Gasteiger charge is 2.24. The molecule has 0 bridgehead atoms. The van der Waals surface area contributed by atoms with Crippen LogP contribution >= 0.6 is 11.6 Å². The quantitative estimate of drug-likeness (QED) is 0.275. The number of aromatic nitrogens is 2. The third-order valence-electron chi connectivity index (χ3n) is 7.03. The van der Waals surface area contributed by atoms with E-state index in [1.54, 1.807) is 9.47 Å². The zero-order valence-electron chi connectivity index (χ0n) is 21.4. The fraction of sp³-hybridized carbons (Fsp3) is 0.194. The molecule has 0 spiro atoms. The molecule has 5 rings (SSSR count). The van der Waals surface area contributed by atoms with Crippen molar-refractivity contribution in [1.82, 2.24) is 19.8 Å². The number of nitrogens with zero attached hydrogens (tertiary/aromatic N) is 3. The average molecular weight is 525 g/mol.